The van der Waals surface area contributed by atoms with E-state index >= 15 is 0 Å². The maximum atomic E-state index is 12.7. The number of carbonyl (C=O) groups is 1. The van der Waals surface area contributed by atoms with Gasteiger partial charge in [-0.1, -0.05) is 41.6 Å². The van der Waals surface area contributed by atoms with Crippen LogP contribution in [0.2, 0.25) is 0 Å². The van der Waals surface area contributed by atoms with Gasteiger partial charge in [-0.15, -0.1) is 10.2 Å². The first-order chi connectivity index (χ1) is 17.7. The maximum Gasteiger partial charge on any atom is 0.416 e. The van der Waals surface area contributed by atoms with Crippen molar-refractivity contribution in [3.8, 4) is 22.8 Å². The number of rotatable bonds is 8. The van der Waals surface area contributed by atoms with Crippen molar-refractivity contribution >= 4 is 23.9 Å². The highest BCUT2D eigenvalue weighted by molar-refractivity contribution is 7.99. The highest BCUT2D eigenvalue weighted by Gasteiger charge is 2.29. The number of benzene rings is 3. The molecule has 0 aliphatic heterocycles. The number of alkyl halides is 3. The van der Waals surface area contributed by atoms with E-state index in [2.05, 4.69) is 20.7 Å². The Bertz CT molecular complexity index is 1380. The van der Waals surface area contributed by atoms with Crippen molar-refractivity contribution in [2.75, 3.05) is 12.9 Å². The van der Waals surface area contributed by atoms with Gasteiger partial charge < -0.3 is 4.74 Å². The van der Waals surface area contributed by atoms with Crippen LogP contribution in [0.3, 0.4) is 0 Å². The number of nitrogens with zero attached hydrogens (tertiary/aromatic N) is 4. The van der Waals surface area contributed by atoms with Gasteiger partial charge in [-0.25, -0.2) is 5.43 Å². The van der Waals surface area contributed by atoms with Crippen LogP contribution in [-0.4, -0.2) is 39.7 Å². The third-order valence-electron chi connectivity index (χ3n) is 5.25. The highest BCUT2D eigenvalue weighted by Crippen LogP contribution is 2.30. The SMILES string of the molecule is COc1ccc(-c2nnc(SCC(=O)NN=Cc3ccc(C(F)(F)F)cc3)n2-c2ccc(C)cc2)cc1. The average Bonchev–Trinajstić information content (AvgIpc) is 3.31. The van der Waals surface area contributed by atoms with Crippen LogP contribution in [0.25, 0.3) is 17.1 Å². The van der Waals surface area contributed by atoms with E-state index in [9.17, 15) is 18.0 Å². The molecule has 11 heteroatoms. The van der Waals surface area contributed by atoms with E-state index in [1.165, 1.54) is 30.1 Å². The fourth-order valence-electron chi connectivity index (χ4n) is 3.32. The number of halogens is 3. The Morgan fingerprint density at radius 1 is 1.03 bits per heavy atom. The molecule has 3 aromatic carbocycles. The molecule has 0 atom stereocenters. The summed E-state index contributed by atoms with van der Waals surface area (Å²) in [7, 11) is 1.59. The lowest BCUT2D eigenvalue weighted by Gasteiger charge is -2.11. The van der Waals surface area contributed by atoms with E-state index in [0.29, 0.717) is 22.3 Å². The van der Waals surface area contributed by atoms with E-state index in [0.717, 1.165) is 28.9 Å². The maximum absolute atomic E-state index is 12.7. The summed E-state index contributed by atoms with van der Waals surface area (Å²) in [6, 6.07) is 19.7. The number of nitrogens with one attached hydrogen (secondary N) is 1. The minimum absolute atomic E-state index is 0.00302. The molecule has 0 spiro atoms. The molecule has 4 aromatic rings. The summed E-state index contributed by atoms with van der Waals surface area (Å²) >= 11 is 1.18. The Kier molecular flexibility index (Phi) is 7.92. The fraction of sp³-hybridized carbons (Fsp3) is 0.154. The fourth-order valence-corrected chi connectivity index (χ4v) is 4.06. The summed E-state index contributed by atoms with van der Waals surface area (Å²) in [6.07, 6.45) is -3.13. The number of amides is 1. The van der Waals surface area contributed by atoms with Gasteiger partial charge in [0.15, 0.2) is 11.0 Å². The summed E-state index contributed by atoms with van der Waals surface area (Å²) in [5, 5.41) is 13.0. The van der Waals surface area contributed by atoms with Gasteiger partial charge in [0.05, 0.1) is 24.6 Å². The van der Waals surface area contributed by atoms with Crippen LogP contribution in [0.5, 0.6) is 5.75 Å². The smallest absolute Gasteiger partial charge is 0.416 e. The largest absolute Gasteiger partial charge is 0.497 e. The van der Waals surface area contributed by atoms with Crippen LogP contribution < -0.4 is 10.2 Å². The number of carbonyl (C=O) groups excluding carboxylic acids is 1. The Balaban J connectivity index is 1.46. The Hall–Kier alpha value is -4.12. The second-order valence-corrected chi connectivity index (χ2v) is 8.85. The molecule has 0 saturated heterocycles. The van der Waals surface area contributed by atoms with Crippen molar-refractivity contribution in [3.63, 3.8) is 0 Å². The van der Waals surface area contributed by atoms with Crippen LogP contribution >= 0.6 is 11.8 Å². The van der Waals surface area contributed by atoms with Gasteiger partial charge in [-0.05, 0) is 61.0 Å². The van der Waals surface area contributed by atoms with Gasteiger partial charge in [0.2, 0.25) is 0 Å². The van der Waals surface area contributed by atoms with Gasteiger partial charge in [0.25, 0.3) is 5.91 Å². The molecule has 0 radical (unpaired) electrons. The molecule has 1 aromatic heterocycles. The quantitative estimate of drug-likeness (QED) is 0.186. The number of hydrogen-bond acceptors (Lipinski definition) is 6. The standard InChI is InChI=1S/C26H22F3N5O2S/c1-17-3-11-21(12-4-17)34-24(19-7-13-22(36-2)14-8-19)32-33-25(34)37-16-23(35)31-30-15-18-5-9-20(10-6-18)26(27,28)29/h3-15H,16H2,1-2H3,(H,31,35). The lowest BCUT2D eigenvalue weighted by Crippen LogP contribution is -2.20. The topological polar surface area (TPSA) is 81.4 Å². The zero-order valence-corrected chi connectivity index (χ0v) is 20.7. The van der Waals surface area contributed by atoms with Crippen molar-refractivity contribution in [2.24, 2.45) is 5.10 Å². The van der Waals surface area contributed by atoms with Crippen LogP contribution in [0, 0.1) is 6.92 Å². The van der Waals surface area contributed by atoms with Crippen LogP contribution in [-0.2, 0) is 11.0 Å². The number of methoxy groups -OCH3 is 1. The highest BCUT2D eigenvalue weighted by atomic mass is 32.2. The van der Waals surface area contributed by atoms with Crippen LogP contribution in [0.1, 0.15) is 16.7 Å². The van der Waals surface area contributed by atoms with Gasteiger partial charge in [0.1, 0.15) is 5.75 Å². The number of ether oxygens (including phenoxy) is 1. The van der Waals surface area contributed by atoms with E-state index in [1.807, 2.05) is 60.0 Å². The number of aryl methyl sites for hydroxylation is 1. The minimum Gasteiger partial charge on any atom is -0.497 e. The van der Waals surface area contributed by atoms with Crippen molar-refractivity contribution in [1.82, 2.24) is 20.2 Å². The molecule has 4 rings (SSSR count). The van der Waals surface area contributed by atoms with E-state index in [4.69, 9.17) is 4.74 Å². The molecule has 37 heavy (non-hydrogen) atoms. The molecule has 7 nitrogen and oxygen atoms in total. The summed E-state index contributed by atoms with van der Waals surface area (Å²) in [5.41, 5.74) is 4.81. The third-order valence-corrected chi connectivity index (χ3v) is 6.18. The zero-order valence-electron chi connectivity index (χ0n) is 19.9. The Labute approximate surface area is 215 Å². The second-order valence-electron chi connectivity index (χ2n) is 7.91. The van der Waals surface area contributed by atoms with Gasteiger partial charge in [-0.2, -0.15) is 18.3 Å². The first-order valence-corrected chi connectivity index (χ1v) is 12.0. The summed E-state index contributed by atoms with van der Waals surface area (Å²) in [6.45, 7) is 1.99. The van der Waals surface area contributed by atoms with Gasteiger partial charge in [0, 0.05) is 11.3 Å². The minimum atomic E-state index is -4.41. The van der Waals surface area contributed by atoms with Crippen LogP contribution in [0.15, 0.2) is 83.1 Å². The molecule has 0 aliphatic carbocycles. The van der Waals surface area contributed by atoms with Gasteiger partial charge >= 0.3 is 6.18 Å². The van der Waals surface area contributed by atoms with Gasteiger partial charge in [-0.3, -0.25) is 9.36 Å². The molecule has 0 saturated carbocycles. The number of thioether (sulfide) groups is 1. The first kappa shape index (κ1) is 26.0. The lowest BCUT2D eigenvalue weighted by molar-refractivity contribution is -0.137. The van der Waals surface area contributed by atoms with Crippen molar-refractivity contribution in [1.29, 1.82) is 0 Å². The number of aromatic nitrogens is 3. The second kappa shape index (κ2) is 11.3. The molecule has 190 valence electrons. The Morgan fingerprint density at radius 3 is 2.32 bits per heavy atom. The predicted octanol–water partition coefficient (Wildman–Crippen LogP) is 5.51. The van der Waals surface area contributed by atoms with Crippen molar-refractivity contribution < 1.29 is 22.7 Å². The first-order valence-electron chi connectivity index (χ1n) is 11.0. The van der Waals surface area contributed by atoms with E-state index in [1.54, 1.807) is 7.11 Å². The predicted molar refractivity (Wildman–Crippen MR) is 136 cm³/mol. The summed E-state index contributed by atoms with van der Waals surface area (Å²) in [4.78, 5) is 12.4. The molecule has 1 N–H and O–H groups in total. The summed E-state index contributed by atoms with van der Waals surface area (Å²) < 4.78 is 45.1. The molecule has 1 heterocycles. The Morgan fingerprint density at radius 2 is 1.70 bits per heavy atom. The number of hydrazone groups is 1. The third kappa shape index (κ3) is 6.56. The molecule has 0 fully saturated rings. The molecule has 1 amide bonds. The molecular weight excluding hydrogens is 503 g/mol. The lowest BCUT2D eigenvalue weighted by atomic mass is 10.1. The zero-order chi connectivity index (χ0) is 26.4. The summed E-state index contributed by atoms with van der Waals surface area (Å²) in [5.74, 6) is 0.914. The van der Waals surface area contributed by atoms with Crippen LogP contribution in [0.4, 0.5) is 13.2 Å². The average molecular weight is 526 g/mol. The molecular formula is C26H22F3N5O2S. The van der Waals surface area contributed by atoms with E-state index < -0.39 is 17.6 Å². The van der Waals surface area contributed by atoms with E-state index in [-0.39, 0.29) is 5.75 Å². The molecule has 0 unspecified atom stereocenters. The monoisotopic (exact) mass is 525 g/mol. The molecule has 0 aliphatic rings. The molecule has 0 bridgehead atoms. The van der Waals surface area contributed by atoms with Crippen molar-refractivity contribution in [2.45, 2.75) is 18.3 Å². The van der Waals surface area contributed by atoms with Crippen molar-refractivity contribution in [3.05, 3.63) is 89.5 Å². The normalized spacial score (nSPS) is 11.6. The number of hydrogen-bond donors (Lipinski definition) is 1.